The highest BCUT2D eigenvalue weighted by atomic mass is 35.5. The van der Waals surface area contributed by atoms with Gasteiger partial charge >= 0.3 is 0 Å². The summed E-state index contributed by atoms with van der Waals surface area (Å²) >= 11 is 12.5. The highest BCUT2D eigenvalue weighted by molar-refractivity contribution is 6.32. The molecular weight excluding hydrogens is 493 g/mol. The van der Waals surface area contributed by atoms with Crippen molar-refractivity contribution in [3.63, 3.8) is 0 Å². The van der Waals surface area contributed by atoms with Crippen molar-refractivity contribution in [1.82, 2.24) is 40.3 Å². The van der Waals surface area contributed by atoms with Gasteiger partial charge in [-0.05, 0) is 48.4 Å². The normalized spacial score (nSPS) is 10.9. The van der Waals surface area contributed by atoms with Crippen LogP contribution >= 0.6 is 23.2 Å². The summed E-state index contributed by atoms with van der Waals surface area (Å²) in [6.07, 6.45) is 3.04. The predicted octanol–water partition coefficient (Wildman–Crippen LogP) is 3.42. The van der Waals surface area contributed by atoms with Crippen molar-refractivity contribution >= 4 is 40.7 Å². The SMILES string of the molecule is CCCc1nnn(-c2cc(C(=O)Nc3c(C)cc(Cl)cc3C(=O)NC)n(-c3ncccc3Cl)n2)n1. The number of hydrogen-bond acceptors (Lipinski definition) is 7. The quantitative estimate of drug-likeness (QED) is 0.386. The molecule has 3 heterocycles. The lowest BCUT2D eigenvalue weighted by atomic mass is 10.1. The van der Waals surface area contributed by atoms with Gasteiger partial charge in [-0.25, -0.2) is 9.67 Å². The Kier molecular flexibility index (Phi) is 7.08. The monoisotopic (exact) mass is 513 g/mol. The van der Waals surface area contributed by atoms with Crippen molar-refractivity contribution in [3.05, 3.63) is 69.2 Å². The molecule has 0 aliphatic rings. The molecule has 0 radical (unpaired) electrons. The Morgan fingerprint density at radius 2 is 1.91 bits per heavy atom. The lowest BCUT2D eigenvalue weighted by Gasteiger charge is -2.14. The maximum Gasteiger partial charge on any atom is 0.274 e. The molecule has 0 spiro atoms. The van der Waals surface area contributed by atoms with Crippen LogP contribution in [-0.2, 0) is 6.42 Å². The van der Waals surface area contributed by atoms with Crippen LogP contribution in [0, 0.1) is 6.92 Å². The van der Waals surface area contributed by atoms with Crippen molar-refractivity contribution in [3.8, 4) is 11.6 Å². The number of aryl methyl sites for hydroxylation is 2. The van der Waals surface area contributed by atoms with E-state index in [0.717, 1.165) is 6.42 Å². The van der Waals surface area contributed by atoms with Crippen LogP contribution in [0.25, 0.3) is 11.6 Å². The minimum atomic E-state index is -0.560. The number of aromatic nitrogens is 7. The number of nitrogens with one attached hydrogen (secondary N) is 2. The summed E-state index contributed by atoms with van der Waals surface area (Å²) in [7, 11) is 1.49. The molecule has 11 nitrogen and oxygen atoms in total. The van der Waals surface area contributed by atoms with Gasteiger partial charge in [-0.1, -0.05) is 30.1 Å². The second-order valence-corrected chi connectivity index (χ2v) is 8.38. The van der Waals surface area contributed by atoms with E-state index in [9.17, 15) is 9.59 Å². The summed E-state index contributed by atoms with van der Waals surface area (Å²) in [5.41, 5.74) is 1.22. The fourth-order valence-corrected chi connectivity index (χ4v) is 3.86. The van der Waals surface area contributed by atoms with E-state index < -0.39 is 11.8 Å². The zero-order valence-electron chi connectivity index (χ0n) is 19.1. The average molecular weight is 514 g/mol. The van der Waals surface area contributed by atoms with E-state index in [2.05, 4.69) is 36.1 Å². The molecule has 0 unspecified atom stereocenters. The Balaban J connectivity index is 1.80. The molecule has 3 aromatic heterocycles. The lowest BCUT2D eigenvalue weighted by molar-refractivity contribution is 0.0964. The van der Waals surface area contributed by atoms with E-state index in [1.807, 2.05) is 6.92 Å². The summed E-state index contributed by atoms with van der Waals surface area (Å²) in [5.74, 6) is 0.0684. The van der Waals surface area contributed by atoms with Crippen LogP contribution in [0.5, 0.6) is 0 Å². The Morgan fingerprint density at radius 3 is 2.63 bits per heavy atom. The van der Waals surface area contributed by atoms with E-state index >= 15 is 0 Å². The number of carbonyl (C=O) groups is 2. The number of pyridine rings is 1. The summed E-state index contributed by atoms with van der Waals surface area (Å²) < 4.78 is 1.29. The average Bonchev–Trinajstić information content (AvgIpc) is 3.48. The Hall–Kier alpha value is -3.83. The van der Waals surface area contributed by atoms with Crippen molar-refractivity contribution in [1.29, 1.82) is 0 Å². The van der Waals surface area contributed by atoms with Crippen molar-refractivity contribution < 1.29 is 9.59 Å². The smallest absolute Gasteiger partial charge is 0.274 e. The molecule has 0 aliphatic carbocycles. The predicted molar refractivity (Wildman–Crippen MR) is 131 cm³/mol. The maximum atomic E-state index is 13.5. The standard InChI is InChI=1S/C22H21Cl2N9O2/c1-4-6-17-28-31-33(29-17)18-11-16(32(30-18)20-15(24)7-5-8-26-20)22(35)27-19-12(2)9-13(23)10-14(19)21(34)25-3/h5,7-11H,4,6H2,1-3H3,(H,25,34)(H,27,35). The first-order valence-corrected chi connectivity index (χ1v) is 11.4. The van der Waals surface area contributed by atoms with Crippen LogP contribution in [0.4, 0.5) is 5.69 Å². The molecule has 180 valence electrons. The van der Waals surface area contributed by atoms with Gasteiger partial charge in [0, 0.05) is 30.8 Å². The van der Waals surface area contributed by atoms with Crippen molar-refractivity contribution in [2.45, 2.75) is 26.7 Å². The summed E-state index contributed by atoms with van der Waals surface area (Å²) in [6.45, 7) is 3.74. The molecule has 0 atom stereocenters. The van der Waals surface area contributed by atoms with Crippen molar-refractivity contribution in [2.75, 3.05) is 12.4 Å². The second-order valence-electron chi connectivity index (χ2n) is 7.53. The summed E-state index contributed by atoms with van der Waals surface area (Å²) in [5, 5.41) is 22.8. The Bertz CT molecular complexity index is 1410. The van der Waals surface area contributed by atoms with Gasteiger partial charge in [0.15, 0.2) is 17.5 Å². The van der Waals surface area contributed by atoms with E-state index in [4.69, 9.17) is 23.2 Å². The molecule has 0 bridgehead atoms. The number of benzene rings is 1. The molecular formula is C22H21Cl2N9O2. The first kappa shape index (κ1) is 24.3. The molecule has 0 saturated carbocycles. The third-order valence-electron chi connectivity index (χ3n) is 5.01. The Morgan fingerprint density at radius 1 is 1.11 bits per heavy atom. The second kappa shape index (κ2) is 10.2. The number of hydrogen-bond donors (Lipinski definition) is 2. The van der Waals surface area contributed by atoms with Gasteiger partial charge in [-0.15, -0.1) is 20.1 Å². The first-order chi connectivity index (χ1) is 16.8. The van der Waals surface area contributed by atoms with E-state index in [0.29, 0.717) is 28.5 Å². The number of nitrogens with zero attached hydrogens (tertiary/aromatic N) is 7. The number of tetrazole rings is 1. The van der Waals surface area contributed by atoms with Gasteiger partial charge in [0.05, 0.1) is 16.3 Å². The number of carbonyl (C=O) groups excluding carboxylic acids is 2. The highest BCUT2D eigenvalue weighted by Gasteiger charge is 2.24. The van der Waals surface area contributed by atoms with Crippen LogP contribution in [0.1, 0.15) is 45.6 Å². The maximum absolute atomic E-state index is 13.5. The molecule has 35 heavy (non-hydrogen) atoms. The topological polar surface area (TPSA) is 133 Å². The fourth-order valence-electron chi connectivity index (χ4n) is 3.39. The van der Waals surface area contributed by atoms with Crippen LogP contribution in [0.2, 0.25) is 10.0 Å². The van der Waals surface area contributed by atoms with Gasteiger partial charge in [0.25, 0.3) is 11.8 Å². The molecule has 0 fully saturated rings. The number of rotatable bonds is 7. The van der Waals surface area contributed by atoms with Crippen molar-refractivity contribution in [2.24, 2.45) is 0 Å². The number of amides is 2. The van der Waals surface area contributed by atoms with Gasteiger partial charge in [0.1, 0.15) is 5.69 Å². The van der Waals surface area contributed by atoms with E-state index in [-0.39, 0.29) is 27.9 Å². The van der Waals surface area contributed by atoms with Crippen LogP contribution < -0.4 is 10.6 Å². The van der Waals surface area contributed by atoms with Gasteiger partial charge < -0.3 is 10.6 Å². The molecule has 13 heteroatoms. The molecule has 1 aromatic carbocycles. The van der Waals surface area contributed by atoms with E-state index in [1.165, 1.54) is 34.9 Å². The minimum absolute atomic E-state index is 0.0900. The van der Waals surface area contributed by atoms with Crippen LogP contribution in [0.3, 0.4) is 0 Å². The van der Waals surface area contributed by atoms with Gasteiger partial charge in [-0.3, -0.25) is 9.59 Å². The molecule has 4 rings (SSSR count). The molecule has 0 saturated heterocycles. The fraction of sp³-hybridized carbons (Fsp3) is 0.227. The third-order valence-corrected chi connectivity index (χ3v) is 5.53. The highest BCUT2D eigenvalue weighted by Crippen LogP contribution is 2.27. The van der Waals surface area contributed by atoms with E-state index in [1.54, 1.807) is 25.1 Å². The lowest BCUT2D eigenvalue weighted by Crippen LogP contribution is -2.23. The summed E-state index contributed by atoms with van der Waals surface area (Å²) in [6, 6.07) is 7.92. The Labute approximate surface area is 210 Å². The first-order valence-electron chi connectivity index (χ1n) is 10.7. The largest absolute Gasteiger partial charge is 0.355 e. The van der Waals surface area contributed by atoms with Gasteiger partial charge in [0.2, 0.25) is 0 Å². The molecule has 0 aliphatic heterocycles. The van der Waals surface area contributed by atoms with Crippen LogP contribution in [0.15, 0.2) is 36.5 Å². The number of anilines is 1. The summed E-state index contributed by atoms with van der Waals surface area (Å²) in [4.78, 5) is 31.4. The minimum Gasteiger partial charge on any atom is -0.355 e. The van der Waals surface area contributed by atoms with Crippen LogP contribution in [-0.4, -0.2) is 53.8 Å². The molecule has 4 aromatic rings. The number of halogens is 2. The molecule has 2 N–H and O–H groups in total. The zero-order valence-corrected chi connectivity index (χ0v) is 20.6. The van der Waals surface area contributed by atoms with Gasteiger partial charge in [-0.2, -0.15) is 0 Å². The zero-order chi connectivity index (χ0) is 25.1. The third kappa shape index (κ3) is 5.00. The molecule has 2 amide bonds.